The van der Waals surface area contributed by atoms with Crippen LogP contribution < -0.4 is 5.73 Å². The monoisotopic (exact) mass is 1120 g/mol. The Morgan fingerprint density at radius 3 is 0.987 bits per heavy atom. The van der Waals surface area contributed by atoms with Crippen LogP contribution in [0.4, 0.5) is 0 Å². The molecule has 78 heavy (non-hydrogen) atoms. The molecule has 0 saturated heterocycles. The summed E-state index contributed by atoms with van der Waals surface area (Å²) in [4.78, 5) is 35.2. The molecule has 0 saturated carbocycles. The van der Waals surface area contributed by atoms with Gasteiger partial charge in [-0.15, -0.1) is 0 Å². The Balaban J connectivity index is 3.72. The van der Waals surface area contributed by atoms with E-state index in [2.05, 4.69) is 50.3 Å². The van der Waals surface area contributed by atoms with Crippen molar-refractivity contribution >= 4 is 19.8 Å². The summed E-state index contributed by atoms with van der Waals surface area (Å²) in [6, 6.07) is 0. The van der Waals surface area contributed by atoms with Crippen molar-refractivity contribution in [1.82, 2.24) is 0 Å². The van der Waals surface area contributed by atoms with Gasteiger partial charge in [-0.2, -0.15) is 0 Å². The summed E-state index contributed by atoms with van der Waals surface area (Å²) in [6.45, 7) is 3.79. The zero-order chi connectivity index (χ0) is 56.6. The maximum atomic E-state index is 12.7. The van der Waals surface area contributed by atoms with E-state index in [1.165, 1.54) is 276 Å². The lowest BCUT2D eigenvalue weighted by Crippen LogP contribution is -2.29. The molecule has 9 nitrogen and oxygen atoms in total. The zero-order valence-corrected chi connectivity index (χ0v) is 52.6. The number of hydrogen-bond donors (Lipinski definition) is 2. The normalized spacial score (nSPS) is 13.1. The highest BCUT2D eigenvalue weighted by atomic mass is 31.2. The molecule has 10 heteroatoms. The first kappa shape index (κ1) is 76.2. The van der Waals surface area contributed by atoms with Crippen LogP contribution in [0.25, 0.3) is 0 Å². The van der Waals surface area contributed by atoms with Gasteiger partial charge in [0.1, 0.15) is 6.61 Å². The number of nitrogens with two attached hydrogens (primary N) is 1. The smallest absolute Gasteiger partial charge is 0.462 e. The van der Waals surface area contributed by atoms with Crippen molar-refractivity contribution in [2.45, 2.75) is 360 Å². The van der Waals surface area contributed by atoms with Gasteiger partial charge >= 0.3 is 19.8 Å². The van der Waals surface area contributed by atoms with Gasteiger partial charge < -0.3 is 20.1 Å². The second-order valence-electron chi connectivity index (χ2n) is 23.1. The second kappa shape index (κ2) is 64.4. The topological polar surface area (TPSA) is 134 Å². The molecule has 0 heterocycles. The molecule has 0 spiro atoms. The number of rotatable bonds is 65. The molecule has 0 aromatic carbocycles. The third kappa shape index (κ3) is 63.4. The van der Waals surface area contributed by atoms with Gasteiger partial charge in [0.15, 0.2) is 6.10 Å². The molecule has 0 bridgehead atoms. The van der Waals surface area contributed by atoms with Crippen molar-refractivity contribution in [2.75, 3.05) is 26.4 Å². The number of esters is 2. The van der Waals surface area contributed by atoms with Crippen LogP contribution in [0.15, 0.2) is 36.5 Å². The van der Waals surface area contributed by atoms with E-state index < -0.39 is 26.5 Å². The molecule has 0 radical (unpaired) electrons. The summed E-state index contributed by atoms with van der Waals surface area (Å²) >= 11 is 0. The first-order valence-corrected chi connectivity index (χ1v) is 35.5. The van der Waals surface area contributed by atoms with E-state index in [-0.39, 0.29) is 38.6 Å². The van der Waals surface area contributed by atoms with Crippen molar-refractivity contribution in [3.05, 3.63) is 36.5 Å². The van der Waals surface area contributed by atoms with Gasteiger partial charge in [0.2, 0.25) is 0 Å². The van der Waals surface area contributed by atoms with Gasteiger partial charge in [-0.3, -0.25) is 18.6 Å². The fraction of sp³-hybridized carbons (Fsp3) is 0.882. The first-order chi connectivity index (χ1) is 38.3. The number of ether oxygens (including phenoxy) is 2. The minimum atomic E-state index is -4.38. The fourth-order valence-electron chi connectivity index (χ4n) is 10.2. The molecule has 2 unspecified atom stereocenters. The summed E-state index contributed by atoms with van der Waals surface area (Å²) in [5.41, 5.74) is 5.39. The maximum Gasteiger partial charge on any atom is 0.472 e. The second-order valence-corrected chi connectivity index (χ2v) is 24.5. The number of phosphoric acid groups is 1. The van der Waals surface area contributed by atoms with Crippen LogP contribution in [0, 0.1) is 0 Å². The molecule has 3 N–H and O–H groups in total. The van der Waals surface area contributed by atoms with Crippen molar-refractivity contribution in [2.24, 2.45) is 5.73 Å². The van der Waals surface area contributed by atoms with Gasteiger partial charge in [-0.25, -0.2) is 4.57 Å². The zero-order valence-electron chi connectivity index (χ0n) is 51.7. The Kier molecular flexibility index (Phi) is 62.9. The summed E-state index contributed by atoms with van der Waals surface area (Å²) < 4.78 is 33.1. The lowest BCUT2D eigenvalue weighted by molar-refractivity contribution is -0.161. The van der Waals surface area contributed by atoms with Crippen molar-refractivity contribution in [3.8, 4) is 0 Å². The number of carbonyl (C=O) groups is 2. The Hall–Kier alpha value is -1.77. The summed E-state index contributed by atoms with van der Waals surface area (Å²) in [7, 11) is -4.38. The van der Waals surface area contributed by atoms with Crippen LogP contribution in [0.5, 0.6) is 0 Å². The molecular weight excluding hydrogens is 990 g/mol. The van der Waals surface area contributed by atoms with Crippen LogP contribution in [0.1, 0.15) is 354 Å². The summed E-state index contributed by atoms with van der Waals surface area (Å²) in [5.74, 6) is -0.806. The van der Waals surface area contributed by atoms with Gasteiger partial charge in [0.25, 0.3) is 0 Å². The largest absolute Gasteiger partial charge is 0.472 e. The average molecular weight is 1120 g/mol. The summed E-state index contributed by atoms with van der Waals surface area (Å²) in [6.07, 6.45) is 79.7. The van der Waals surface area contributed by atoms with Crippen LogP contribution >= 0.6 is 7.82 Å². The van der Waals surface area contributed by atoms with E-state index in [1.54, 1.807) is 0 Å². The standard InChI is InChI=1S/C68H130NO8P/c1-3-5-7-9-11-13-15-17-19-21-22-23-24-25-26-27-28-29-30-31-32-33-34-35-36-37-38-39-40-41-42-43-44-45-47-49-51-53-55-57-59-61-68(71)77-66(65-76-78(72,73)75-63-62-69)64-74-67(70)60-58-56-54-52-50-48-46-20-18-16-14-12-10-8-6-4-2/h15,17,21-22,24-25,66H,3-14,16,18-20,23,26-65,69H2,1-2H3,(H,72,73)/b17-15-,22-21-,25-24-. The minimum Gasteiger partial charge on any atom is -0.462 e. The predicted octanol–water partition coefficient (Wildman–Crippen LogP) is 21.9. The van der Waals surface area contributed by atoms with Crippen LogP contribution in [-0.2, 0) is 32.7 Å². The molecule has 0 aromatic heterocycles. The van der Waals surface area contributed by atoms with E-state index in [4.69, 9.17) is 24.3 Å². The molecule has 0 aromatic rings. The number of allylic oxidation sites excluding steroid dienone is 6. The third-order valence-corrected chi connectivity index (χ3v) is 16.3. The molecule has 0 amide bonds. The van der Waals surface area contributed by atoms with Gasteiger partial charge in [0.05, 0.1) is 13.2 Å². The molecule has 2 atom stereocenters. The highest BCUT2D eigenvalue weighted by molar-refractivity contribution is 7.47. The molecule has 0 aliphatic carbocycles. The van der Waals surface area contributed by atoms with Crippen molar-refractivity contribution < 1.29 is 37.6 Å². The Morgan fingerprint density at radius 1 is 0.385 bits per heavy atom. The number of hydrogen-bond acceptors (Lipinski definition) is 8. The number of carbonyl (C=O) groups excluding carboxylic acids is 2. The lowest BCUT2D eigenvalue weighted by atomic mass is 10.0. The summed E-state index contributed by atoms with van der Waals surface area (Å²) in [5, 5.41) is 0. The van der Waals surface area contributed by atoms with Crippen LogP contribution in [0.3, 0.4) is 0 Å². The minimum absolute atomic E-state index is 0.0569. The van der Waals surface area contributed by atoms with Crippen molar-refractivity contribution in [3.63, 3.8) is 0 Å². The van der Waals surface area contributed by atoms with E-state index in [0.717, 1.165) is 44.9 Å². The quantitative estimate of drug-likeness (QED) is 0.0264. The maximum absolute atomic E-state index is 12.7. The predicted molar refractivity (Wildman–Crippen MR) is 335 cm³/mol. The number of unbranched alkanes of at least 4 members (excludes halogenated alkanes) is 46. The van der Waals surface area contributed by atoms with E-state index in [0.29, 0.717) is 6.42 Å². The molecule has 0 aliphatic rings. The Bertz CT molecular complexity index is 1370. The van der Waals surface area contributed by atoms with Crippen LogP contribution in [-0.4, -0.2) is 49.3 Å². The Morgan fingerprint density at radius 2 is 0.667 bits per heavy atom. The average Bonchev–Trinajstić information content (AvgIpc) is 3.43. The number of phosphoric ester groups is 1. The molecular formula is C68H130NO8P. The van der Waals surface area contributed by atoms with E-state index in [1.807, 2.05) is 0 Å². The van der Waals surface area contributed by atoms with E-state index >= 15 is 0 Å². The highest BCUT2D eigenvalue weighted by Gasteiger charge is 2.26. The molecule has 0 aliphatic heterocycles. The van der Waals surface area contributed by atoms with Gasteiger partial charge in [-0.05, 0) is 51.4 Å². The fourth-order valence-corrected chi connectivity index (χ4v) is 11.0. The molecule has 0 fully saturated rings. The van der Waals surface area contributed by atoms with E-state index in [9.17, 15) is 19.0 Å². The van der Waals surface area contributed by atoms with Gasteiger partial charge in [-0.1, -0.05) is 326 Å². The first-order valence-electron chi connectivity index (χ1n) is 34.0. The van der Waals surface area contributed by atoms with Crippen LogP contribution in [0.2, 0.25) is 0 Å². The third-order valence-electron chi connectivity index (χ3n) is 15.3. The van der Waals surface area contributed by atoms with Gasteiger partial charge in [0, 0.05) is 19.4 Å². The Labute approximate surface area is 484 Å². The van der Waals surface area contributed by atoms with Crippen molar-refractivity contribution in [1.29, 1.82) is 0 Å². The SMILES string of the molecule is CCCCCCC/C=C\C/C=C\C/C=C\CCCCCCCCCCCCCCCCCCCCCCCCCCCCC(=O)OC(COC(=O)CCCCCCCCCCCCCCCCCC)COP(=O)(O)OCCN. The lowest BCUT2D eigenvalue weighted by Gasteiger charge is -2.19. The highest BCUT2D eigenvalue weighted by Crippen LogP contribution is 2.43. The molecule has 460 valence electrons. The molecule has 0 rings (SSSR count).